The third kappa shape index (κ3) is 3.61. The van der Waals surface area contributed by atoms with Gasteiger partial charge < -0.3 is 13.6 Å². The Morgan fingerprint density at radius 2 is 1.58 bits per heavy atom. The van der Waals surface area contributed by atoms with Gasteiger partial charge in [0.2, 0.25) is 5.89 Å². The first-order valence-corrected chi connectivity index (χ1v) is 8.15. The lowest BCUT2D eigenvalue weighted by Gasteiger charge is -2.01. The Labute approximate surface area is 149 Å². The van der Waals surface area contributed by atoms with Crippen LogP contribution in [0.15, 0.2) is 63.4 Å². The smallest absolute Gasteiger partial charge is 0.415 e. The predicted molar refractivity (Wildman–Crippen MR) is 92.3 cm³/mol. The summed E-state index contributed by atoms with van der Waals surface area (Å²) in [7, 11) is 0. The zero-order valence-corrected chi connectivity index (χ0v) is 14.1. The molecule has 0 N–H and O–H groups in total. The van der Waals surface area contributed by atoms with Gasteiger partial charge in [-0.3, -0.25) is 0 Å². The Morgan fingerprint density at radius 1 is 0.808 bits per heavy atom. The van der Waals surface area contributed by atoms with Crippen molar-refractivity contribution in [1.29, 1.82) is 0 Å². The molecule has 0 saturated carbocycles. The second-order valence-corrected chi connectivity index (χ2v) is 5.72. The topological polar surface area (TPSA) is 87.1 Å². The first kappa shape index (κ1) is 16.0. The van der Waals surface area contributed by atoms with Gasteiger partial charge in [0.25, 0.3) is 11.8 Å². The summed E-state index contributed by atoms with van der Waals surface area (Å²) in [5.74, 6) is 1.29. The SMILES string of the molecule is Cc1ccccc1Cc1nnc(COc2nnc(-c3ccccc3)o2)o1. The van der Waals surface area contributed by atoms with Crippen molar-refractivity contribution >= 4 is 0 Å². The summed E-state index contributed by atoms with van der Waals surface area (Å²) in [4.78, 5) is 0. The van der Waals surface area contributed by atoms with Gasteiger partial charge in [0.1, 0.15) is 0 Å². The molecule has 0 radical (unpaired) electrons. The summed E-state index contributed by atoms with van der Waals surface area (Å²) in [6, 6.07) is 17.6. The third-order valence-corrected chi connectivity index (χ3v) is 3.86. The third-order valence-electron chi connectivity index (χ3n) is 3.86. The molecule has 0 fully saturated rings. The molecule has 0 unspecified atom stereocenters. The van der Waals surface area contributed by atoms with Crippen LogP contribution in [0.5, 0.6) is 6.08 Å². The standard InChI is InChI=1S/C19H16N4O3/c1-13-7-5-6-10-15(13)11-16-20-21-17(25-16)12-24-19-23-22-18(26-19)14-8-3-2-4-9-14/h2-10H,11-12H2,1H3. The van der Waals surface area contributed by atoms with Gasteiger partial charge in [-0.2, -0.15) is 0 Å². The highest BCUT2D eigenvalue weighted by Gasteiger charge is 2.12. The van der Waals surface area contributed by atoms with Gasteiger partial charge in [0.15, 0.2) is 6.61 Å². The molecule has 2 heterocycles. The molecule has 2 aromatic heterocycles. The zero-order chi connectivity index (χ0) is 17.8. The average Bonchev–Trinajstić information content (AvgIpc) is 3.32. The minimum atomic E-state index is 0.0579. The van der Waals surface area contributed by atoms with Crippen LogP contribution in [0.2, 0.25) is 0 Å². The molecule has 4 aromatic rings. The highest BCUT2D eigenvalue weighted by molar-refractivity contribution is 5.51. The first-order valence-electron chi connectivity index (χ1n) is 8.15. The van der Waals surface area contributed by atoms with Gasteiger partial charge in [-0.15, -0.1) is 15.3 Å². The van der Waals surface area contributed by atoms with Crippen molar-refractivity contribution in [2.45, 2.75) is 20.0 Å². The van der Waals surface area contributed by atoms with Crippen molar-refractivity contribution in [3.8, 4) is 17.5 Å². The Bertz CT molecular complexity index is 995. The maximum Gasteiger partial charge on any atom is 0.415 e. The summed E-state index contributed by atoms with van der Waals surface area (Å²) in [6.07, 6.45) is 0.640. The van der Waals surface area contributed by atoms with E-state index in [9.17, 15) is 0 Å². The highest BCUT2D eigenvalue weighted by Crippen LogP contribution is 2.21. The molecule has 0 amide bonds. The van der Waals surface area contributed by atoms with Crippen LogP contribution in [0.1, 0.15) is 22.9 Å². The lowest BCUT2D eigenvalue weighted by molar-refractivity contribution is 0.196. The molecule has 4 rings (SSSR count). The Hall–Kier alpha value is -3.48. The van der Waals surface area contributed by atoms with E-state index in [0.29, 0.717) is 24.1 Å². The van der Waals surface area contributed by atoms with Crippen LogP contribution in [0.4, 0.5) is 0 Å². The summed E-state index contributed by atoms with van der Waals surface area (Å²) in [5.41, 5.74) is 3.16. The molecule has 2 aromatic carbocycles. The van der Waals surface area contributed by atoms with E-state index < -0.39 is 0 Å². The highest BCUT2D eigenvalue weighted by atomic mass is 16.6. The maximum absolute atomic E-state index is 5.62. The molecule has 0 aliphatic rings. The second-order valence-electron chi connectivity index (χ2n) is 5.72. The molecule has 0 atom stereocenters. The number of hydrogen-bond donors (Lipinski definition) is 0. The van der Waals surface area contributed by atoms with Gasteiger partial charge in [0.05, 0.1) is 6.42 Å². The van der Waals surface area contributed by atoms with Crippen LogP contribution in [0.3, 0.4) is 0 Å². The summed E-state index contributed by atoms with van der Waals surface area (Å²) in [5, 5.41) is 15.9. The quantitative estimate of drug-likeness (QED) is 0.526. The Morgan fingerprint density at radius 3 is 2.42 bits per heavy atom. The van der Waals surface area contributed by atoms with Crippen LogP contribution >= 0.6 is 0 Å². The lowest BCUT2D eigenvalue weighted by Crippen LogP contribution is -1.95. The monoisotopic (exact) mass is 348 g/mol. The van der Waals surface area contributed by atoms with Crippen LogP contribution in [-0.4, -0.2) is 20.4 Å². The van der Waals surface area contributed by atoms with Crippen LogP contribution < -0.4 is 4.74 Å². The summed E-state index contributed by atoms with van der Waals surface area (Å²) >= 11 is 0. The van der Waals surface area contributed by atoms with E-state index in [0.717, 1.165) is 11.1 Å². The van der Waals surface area contributed by atoms with Crippen molar-refractivity contribution < 1.29 is 13.6 Å². The van der Waals surface area contributed by atoms with E-state index in [-0.39, 0.29) is 12.7 Å². The fraction of sp³-hybridized carbons (Fsp3) is 0.158. The number of hydrogen-bond acceptors (Lipinski definition) is 7. The van der Waals surface area contributed by atoms with E-state index >= 15 is 0 Å². The first-order chi connectivity index (χ1) is 12.8. The van der Waals surface area contributed by atoms with Crippen molar-refractivity contribution in [1.82, 2.24) is 20.4 Å². The molecular weight excluding hydrogens is 332 g/mol. The zero-order valence-electron chi connectivity index (χ0n) is 14.1. The molecule has 0 aliphatic carbocycles. The van der Waals surface area contributed by atoms with Gasteiger partial charge in [-0.05, 0) is 30.2 Å². The molecular formula is C19H16N4O3. The van der Waals surface area contributed by atoms with Crippen LogP contribution in [0, 0.1) is 6.92 Å². The lowest BCUT2D eigenvalue weighted by atomic mass is 10.1. The van der Waals surface area contributed by atoms with E-state index in [1.54, 1.807) is 0 Å². The predicted octanol–water partition coefficient (Wildman–Crippen LogP) is 3.60. The molecule has 0 saturated heterocycles. The van der Waals surface area contributed by atoms with Gasteiger partial charge >= 0.3 is 6.08 Å². The second kappa shape index (κ2) is 7.18. The molecule has 130 valence electrons. The van der Waals surface area contributed by atoms with E-state index in [2.05, 4.69) is 33.4 Å². The van der Waals surface area contributed by atoms with Crippen molar-refractivity contribution in [2.24, 2.45) is 0 Å². The Balaban J connectivity index is 1.38. The van der Waals surface area contributed by atoms with E-state index in [1.807, 2.05) is 48.5 Å². The largest absolute Gasteiger partial charge is 0.439 e. The molecule has 0 bridgehead atoms. The van der Waals surface area contributed by atoms with E-state index in [4.69, 9.17) is 13.6 Å². The number of aryl methyl sites for hydroxylation is 1. The normalized spacial score (nSPS) is 10.8. The van der Waals surface area contributed by atoms with Gasteiger partial charge in [0, 0.05) is 5.56 Å². The molecule has 0 aliphatic heterocycles. The number of rotatable bonds is 6. The maximum atomic E-state index is 5.62. The van der Waals surface area contributed by atoms with Crippen molar-refractivity contribution in [2.75, 3.05) is 0 Å². The van der Waals surface area contributed by atoms with Gasteiger partial charge in [-0.25, -0.2) is 0 Å². The van der Waals surface area contributed by atoms with E-state index in [1.165, 1.54) is 5.56 Å². The van der Waals surface area contributed by atoms with Crippen LogP contribution in [0.25, 0.3) is 11.5 Å². The number of nitrogens with zero attached hydrogens (tertiary/aromatic N) is 4. The Kier molecular flexibility index (Phi) is 4.42. The summed E-state index contributed by atoms with van der Waals surface area (Å²) in [6.45, 7) is 2.12. The number of aromatic nitrogens is 4. The minimum Gasteiger partial charge on any atom is -0.439 e. The van der Waals surface area contributed by atoms with Crippen molar-refractivity contribution in [3.63, 3.8) is 0 Å². The number of benzene rings is 2. The molecule has 26 heavy (non-hydrogen) atoms. The minimum absolute atomic E-state index is 0.0579. The fourth-order valence-corrected chi connectivity index (χ4v) is 2.48. The molecule has 0 spiro atoms. The van der Waals surface area contributed by atoms with Gasteiger partial charge in [-0.1, -0.05) is 47.6 Å². The molecule has 7 nitrogen and oxygen atoms in total. The molecule has 7 heteroatoms. The average molecular weight is 348 g/mol. The fourth-order valence-electron chi connectivity index (χ4n) is 2.48. The summed E-state index contributed by atoms with van der Waals surface area (Å²) < 4.78 is 16.5. The van der Waals surface area contributed by atoms with Crippen LogP contribution in [-0.2, 0) is 13.0 Å². The number of ether oxygens (including phenoxy) is 1. The van der Waals surface area contributed by atoms with Crippen molar-refractivity contribution in [3.05, 3.63) is 77.5 Å².